The average molecular weight is 720 g/mol. The van der Waals surface area contributed by atoms with Gasteiger partial charge in [0.05, 0.1) is 53.0 Å². The summed E-state index contributed by atoms with van der Waals surface area (Å²) in [7, 11) is -8.18. The third-order valence-corrected chi connectivity index (χ3v) is 11.2. The highest BCUT2D eigenvalue weighted by atomic mass is 32.2. The first kappa shape index (κ1) is 36.9. The number of allylic oxidation sites excluding steroid dienone is 4. The zero-order chi connectivity index (χ0) is 33.9. The van der Waals surface area contributed by atoms with Crippen molar-refractivity contribution in [1.29, 1.82) is 0 Å². The van der Waals surface area contributed by atoms with Crippen molar-refractivity contribution in [2.75, 3.05) is 6.26 Å². The second kappa shape index (κ2) is 15.1. The molecule has 12 heteroatoms. The Bertz CT molecular complexity index is 2360. The SMILES string of the molecule is C.CC.Cc1ccc2c(c1)N=C1C=CCC=C1S2.Cc1ccc2sc3cc(=Nc4cc(S(=O)(=O)O)ccc4S(C)(=O)=O)ccc-3nc2c1. The number of aliphatic imine (C=N–C) groups is 1. The number of nitrogens with zero attached hydrogens (tertiary/aromatic N) is 3. The summed E-state index contributed by atoms with van der Waals surface area (Å²) >= 11 is 3.35. The summed E-state index contributed by atoms with van der Waals surface area (Å²) in [6.07, 6.45) is 8.56. The van der Waals surface area contributed by atoms with E-state index in [0.717, 1.165) is 68.6 Å². The normalized spacial score (nSPS) is 13.9. The summed E-state index contributed by atoms with van der Waals surface area (Å²) in [6, 6.07) is 20.9. The van der Waals surface area contributed by atoms with Gasteiger partial charge >= 0.3 is 0 Å². The van der Waals surface area contributed by atoms with Gasteiger partial charge in [0.25, 0.3) is 10.1 Å². The van der Waals surface area contributed by atoms with Crippen LogP contribution in [0.15, 0.2) is 121 Å². The second-order valence-corrected chi connectivity index (χ2v) is 16.2. The molecule has 3 aromatic rings. The van der Waals surface area contributed by atoms with Gasteiger partial charge in [0.2, 0.25) is 0 Å². The van der Waals surface area contributed by atoms with Crippen LogP contribution in [0.25, 0.3) is 20.8 Å². The fraction of sp³-hybridized carbons (Fsp3) is 0.194. The molecule has 7 rings (SSSR count). The van der Waals surface area contributed by atoms with E-state index in [4.69, 9.17) is 0 Å². The molecule has 0 bridgehead atoms. The lowest BCUT2D eigenvalue weighted by molar-refractivity contribution is 0.483. The van der Waals surface area contributed by atoms with E-state index in [0.29, 0.717) is 5.36 Å². The van der Waals surface area contributed by atoms with Crippen molar-refractivity contribution in [3.05, 3.63) is 112 Å². The number of hydrogen-bond donors (Lipinski definition) is 1. The van der Waals surface area contributed by atoms with E-state index >= 15 is 0 Å². The lowest BCUT2D eigenvalue weighted by Crippen LogP contribution is -2.05. The largest absolute Gasteiger partial charge is 0.294 e. The first-order valence-corrected chi connectivity index (χ1v) is 19.7. The fourth-order valence-corrected chi connectivity index (χ4v) is 8.03. The van der Waals surface area contributed by atoms with Crippen LogP contribution >= 0.6 is 23.1 Å². The maximum Gasteiger partial charge on any atom is 0.294 e. The fourth-order valence-electron chi connectivity index (χ4n) is 4.77. The molecular formula is C36H37N3O5S4. The van der Waals surface area contributed by atoms with Gasteiger partial charge in [-0.2, -0.15) is 8.42 Å². The van der Waals surface area contributed by atoms with E-state index in [2.05, 4.69) is 58.3 Å². The van der Waals surface area contributed by atoms with Gasteiger partial charge in [-0.3, -0.25) is 4.55 Å². The molecule has 0 saturated carbocycles. The second-order valence-electron chi connectivity index (χ2n) is 10.6. The third kappa shape index (κ3) is 8.55. The van der Waals surface area contributed by atoms with E-state index in [1.54, 1.807) is 18.2 Å². The first-order chi connectivity index (χ1) is 22.3. The van der Waals surface area contributed by atoms with Gasteiger partial charge in [0, 0.05) is 16.1 Å². The smallest absolute Gasteiger partial charge is 0.282 e. The predicted molar refractivity (Wildman–Crippen MR) is 200 cm³/mol. The van der Waals surface area contributed by atoms with Crippen molar-refractivity contribution in [2.45, 2.75) is 56.2 Å². The zero-order valence-corrected chi connectivity index (χ0v) is 29.7. The van der Waals surface area contributed by atoms with Crippen molar-refractivity contribution in [1.82, 2.24) is 4.98 Å². The monoisotopic (exact) mass is 719 g/mol. The third-order valence-electron chi connectivity index (χ3n) is 6.94. The number of benzene rings is 4. The summed E-state index contributed by atoms with van der Waals surface area (Å²) in [6.45, 7) is 8.10. The van der Waals surface area contributed by atoms with Crippen LogP contribution in [0.3, 0.4) is 0 Å². The Morgan fingerprint density at radius 3 is 2.33 bits per heavy atom. The van der Waals surface area contributed by atoms with Gasteiger partial charge < -0.3 is 0 Å². The number of aromatic nitrogens is 1. The average Bonchev–Trinajstić information content (AvgIpc) is 3.03. The minimum Gasteiger partial charge on any atom is -0.282 e. The van der Waals surface area contributed by atoms with Crippen molar-refractivity contribution < 1.29 is 21.4 Å². The lowest BCUT2D eigenvalue weighted by atomic mass is 10.1. The minimum absolute atomic E-state index is 0. The molecule has 0 unspecified atom stereocenters. The standard InChI is InChI=1S/C20H16N2O5S3.C13H11NS.C2H6.CH4/c1-12-3-7-18-16(9-12)22-15-6-4-13(10-19(15)28-18)21-17-11-14(30(25,26)27)5-8-20(17)29(2,23)24;1-9-6-7-13-11(8-9)14-10-4-2-3-5-12(10)15-13;1-2;/h3-11H,1-2H3,(H,25,26,27);2,4-8H,3H2,1H3;1-2H3;1H4. The zero-order valence-electron chi connectivity index (χ0n) is 26.4. The van der Waals surface area contributed by atoms with Crippen LogP contribution in [-0.2, 0) is 20.0 Å². The van der Waals surface area contributed by atoms with Crippen LogP contribution in [0, 0.1) is 13.8 Å². The van der Waals surface area contributed by atoms with E-state index < -0.39 is 24.9 Å². The molecule has 0 amide bonds. The molecule has 8 nitrogen and oxygen atoms in total. The summed E-state index contributed by atoms with van der Waals surface area (Å²) in [5.74, 6) is 0. The van der Waals surface area contributed by atoms with Crippen LogP contribution < -0.4 is 5.36 Å². The summed E-state index contributed by atoms with van der Waals surface area (Å²) < 4.78 is 57.5. The van der Waals surface area contributed by atoms with Crippen molar-refractivity contribution in [3.63, 3.8) is 0 Å². The van der Waals surface area contributed by atoms with Crippen LogP contribution in [0.1, 0.15) is 38.8 Å². The summed E-state index contributed by atoms with van der Waals surface area (Å²) in [5.41, 5.74) is 6.19. The number of rotatable bonds is 3. The number of thioether (sulfide) groups is 1. The Morgan fingerprint density at radius 1 is 0.875 bits per heavy atom. The van der Waals surface area contributed by atoms with Gasteiger partial charge in [-0.15, -0.1) is 11.3 Å². The van der Waals surface area contributed by atoms with Crippen molar-refractivity contribution in [2.24, 2.45) is 9.98 Å². The highest BCUT2D eigenvalue weighted by molar-refractivity contribution is 8.04. The van der Waals surface area contributed by atoms with E-state index in [1.165, 1.54) is 26.7 Å². The van der Waals surface area contributed by atoms with Gasteiger partial charge in [0.15, 0.2) is 9.84 Å². The van der Waals surface area contributed by atoms with Crippen LogP contribution in [-0.4, -0.2) is 38.3 Å². The predicted octanol–water partition coefficient (Wildman–Crippen LogP) is 9.27. The maximum atomic E-state index is 12.1. The molecule has 0 atom stereocenters. The molecule has 0 aromatic heterocycles. The first-order valence-electron chi connectivity index (χ1n) is 14.8. The topological polar surface area (TPSA) is 126 Å². The molecular weight excluding hydrogens is 683 g/mol. The molecule has 0 saturated heterocycles. The van der Waals surface area contributed by atoms with Crippen molar-refractivity contribution in [3.8, 4) is 10.6 Å². The minimum atomic E-state index is -4.51. The number of aryl methyl sites for hydroxylation is 2. The number of hydrogen-bond acceptors (Lipinski definition) is 9. The number of fused-ring (bicyclic) bond motifs is 4. The molecule has 48 heavy (non-hydrogen) atoms. The molecule has 0 radical (unpaired) electrons. The van der Waals surface area contributed by atoms with Crippen LogP contribution in [0.2, 0.25) is 0 Å². The molecule has 2 aliphatic heterocycles. The molecule has 250 valence electrons. The number of sulfone groups is 1. The molecule has 1 N–H and O–H groups in total. The van der Waals surface area contributed by atoms with E-state index in [9.17, 15) is 21.4 Å². The quantitative estimate of drug-likeness (QED) is 0.146. The van der Waals surface area contributed by atoms with Gasteiger partial charge in [-0.25, -0.2) is 23.4 Å². The Hall–Kier alpha value is -3.94. The van der Waals surface area contributed by atoms with Gasteiger partial charge in [-0.05, 0) is 98.1 Å². The molecule has 0 spiro atoms. The lowest BCUT2D eigenvalue weighted by Gasteiger charge is -2.18. The Labute approximate surface area is 290 Å². The molecule has 2 heterocycles. The Balaban J connectivity index is 0.000000242. The molecule has 2 aliphatic carbocycles. The summed E-state index contributed by atoms with van der Waals surface area (Å²) in [5, 5.41) is 0.435. The van der Waals surface area contributed by atoms with E-state index in [-0.39, 0.29) is 18.0 Å². The van der Waals surface area contributed by atoms with Gasteiger partial charge in [0.1, 0.15) is 0 Å². The van der Waals surface area contributed by atoms with E-state index in [1.807, 2.05) is 50.7 Å². The van der Waals surface area contributed by atoms with Crippen molar-refractivity contribution >= 4 is 70.4 Å². The maximum absolute atomic E-state index is 12.1. The van der Waals surface area contributed by atoms with Gasteiger partial charge in [-0.1, -0.05) is 57.3 Å². The molecule has 3 aromatic carbocycles. The molecule has 0 fully saturated rings. The highest BCUT2D eigenvalue weighted by Crippen LogP contribution is 2.41. The van der Waals surface area contributed by atoms with Crippen LogP contribution in [0.5, 0.6) is 0 Å². The Morgan fingerprint density at radius 2 is 1.60 bits per heavy atom. The highest BCUT2D eigenvalue weighted by Gasteiger charge is 2.19. The molecule has 4 aliphatic rings. The summed E-state index contributed by atoms with van der Waals surface area (Å²) in [4.78, 5) is 16.5. The van der Waals surface area contributed by atoms with Crippen LogP contribution in [0.4, 0.5) is 11.4 Å². The Kier molecular flexibility index (Phi) is 11.6.